The molecule has 0 spiro atoms. The lowest BCUT2D eigenvalue weighted by Crippen LogP contribution is -2.53. The fourth-order valence-corrected chi connectivity index (χ4v) is 5.77. The van der Waals surface area contributed by atoms with Crippen LogP contribution in [0.5, 0.6) is 0 Å². The molecule has 0 bridgehead atoms. The Balaban J connectivity index is 1.92. The van der Waals surface area contributed by atoms with Crippen LogP contribution in [0.1, 0.15) is 44.6 Å². The van der Waals surface area contributed by atoms with Crippen LogP contribution in [0.25, 0.3) is 0 Å². The lowest BCUT2D eigenvalue weighted by Gasteiger charge is -2.33. The topological polar surface area (TPSA) is 86.8 Å². The van der Waals surface area contributed by atoms with Crippen molar-refractivity contribution >= 4 is 50.7 Å². The lowest BCUT2D eigenvalue weighted by molar-refractivity contribution is -0.140. The number of nitrogens with one attached hydrogen (secondary N) is 1. The summed E-state index contributed by atoms with van der Waals surface area (Å²) in [5.41, 5.74) is 0.985. The predicted molar refractivity (Wildman–Crippen MR) is 140 cm³/mol. The van der Waals surface area contributed by atoms with Crippen LogP contribution in [-0.2, 0) is 26.2 Å². The Morgan fingerprint density at radius 2 is 1.74 bits per heavy atom. The second kappa shape index (κ2) is 12.1. The van der Waals surface area contributed by atoms with Crippen LogP contribution < -0.4 is 9.62 Å². The van der Waals surface area contributed by atoms with Crippen molar-refractivity contribution in [3.8, 4) is 0 Å². The van der Waals surface area contributed by atoms with Crippen molar-refractivity contribution in [2.75, 3.05) is 17.1 Å². The fourth-order valence-electron chi connectivity index (χ4n) is 4.35. The number of hydrogen-bond donors (Lipinski definition) is 1. The lowest BCUT2D eigenvalue weighted by atomic mass is 10.1. The van der Waals surface area contributed by atoms with Crippen LogP contribution in [-0.4, -0.2) is 50.0 Å². The van der Waals surface area contributed by atoms with E-state index in [-0.39, 0.29) is 29.2 Å². The van der Waals surface area contributed by atoms with Gasteiger partial charge in [0.15, 0.2) is 0 Å². The highest BCUT2D eigenvalue weighted by Gasteiger charge is 2.33. The van der Waals surface area contributed by atoms with Crippen LogP contribution in [0.4, 0.5) is 5.69 Å². The highest BCUT2D eigenvalue weighted by atomic mass is 35.5. The normalized spacial score (nSPS) is 15.0. The van der Waals surface area contributed by atoms with Crippen LogP contribution in [0, 0.1) is 0 Å². The summed E-state index contributed by atoms with van der Waals surface area (Å²) in [6.45, 7) is 1.51. The molecule has 1 aliphatic carbocycles. The molecule has 0 radical (unpaired) electrons. The Bertz CT molecular complexity index is 1140. The Hall–Kier alpha value is -2.29. The minimum Gasteiger partial charge on any atom is -0.352 e. The van der Waals surface area contributed by atoms with Gasteiger partial charge < -0.3 is 10.2 Å². The van der Waals surface area contributed by atoms with Gasteiger partial charge in [-0.15, -0.1) is 0 Å². The monoisotopic (exact) mass is 539 g/mol. The molecular formula is C25H31Cl2N3O4S. The van der Waals surface area contributed by atoms with E-state index in [1.54, 1.807) is 0 Å². The van der Waals surface area contributed by atoms with Gasteiger partial charge in [-0.3, -0.25) is 13.9 Å². The molecule has 7 nitrogen and oxygen atoms in total. The molecule has 0 saturated heterocycles. The molecule has 0 aliphatic heterocycles. The molecule has 1 fully saturated rings. The third-order valence-corrected chi connectivity index (χ3v) is 7.81. The summed E-state index contributed by atoms with van der Waals surface area (Å²) in [6, 6.07) is 13.1. The van der Waals surface area contributed by atoms with Gasteiger partial charge >= 0.3 is 0 Å². The van der Waals surface area contributed by atoms with Crippen LogP contribution in [0.2, 0.25) is 10.0 Å². The largest absolute Gasteiger partial charge is 0.352 e. The van der Waals surface area contributed by atoms with Gasteiger partial charge in [0, 0.05) is 17.6 Å². The average Bonchev–Trinajstić information content (AvgIpc) is 3.30. The second-order valence-electron chi connectivity index (χ2n) is 8.79. The third-order valence-electron chi connectivity index (χ3n) is 6.14. The number of halogens is 2. The summed E-state index contributed by atoms with van der Waals surface area (Å²) < 4.78 is 26.3. The summed E-state index contributed by atoms with van der Waals surface area (Å²) in [7, 11) is -3.87. The molecule has 1 aliphatic rings. The zero-order chi connectivity index (χ0) is 25.6. The van der Waals surface area contributed by atoms with Crippen molar-refractivity contribution in [3.63, 3.8) is 0 Å². The molecule has 0 heterocycles. The van der Waals surface area contributed by atoms with E-state index < -0.39 is 28.5 Å². The molecular weight excluding hydrogens is 509 g/mol. The molecule has 2 amide bonds. The number of hydrogen-bond acceptors (Lipinski definition) is 4. The number of carbonyl (C=O) groups excluding carboxylic acids is 2. The molecule has 0 unspecified atom stereocenters. The van der Waals surface area contributed by atoms with Crippen LogP contribution >= 0.6 is 23.2 Å². The van der Waals surface area contributed by atoms with E-state index in [0.717, 1.165) is 41.8 Å². The Labute approximate surface area is 217 Å². The van der Waals surface area contributed by atoms with E-state index >= 15 is 0 Å². The molecule has 2 aromatic rings. The summed E-state index contributed by atoms with van der Waals surface area (Å²) in [5, 5.41) is 3.54. The van der Waals surface area contributed by atoms with E-state index in [0.29, 0.717) is 11.4 Å². The maximum Gasteiger partial charge on any atom is 0.244 e. The number of nitrogens with zero attached hydrogens (tertiary/aromatic N) is 2. The quantitative estimate of drug-likeness (QED) is 0.476. The number of benzene rings is 2. The SMILES string of the molecule is CC[C@H](C(=O)NC1CCCC1)N(Cc1ccccc1)C(=O)CN(c1ccc(Cl)cc1Cl)S(C)(=O)=O. The zero-order valence-corrected chi connectivity index (χ0v) is 22.2. The highest BCUT2D eigenvalue weighted by molar-refractivity contribution is 7.92. The molecule has 1 atom stereocenters. The molecule has 190 valence electrons. The van der Waals surface area contributed by atoms with Crippen molar-refractivity contribution < 1.29 is 18.0 Å². The summed E-state index contributed by atoms with van der Waals surface area (Å²) >= 11 is 12.3. The zero-order valence-electron chi connectivity index (χ0n) is 19.9. The van der Waals surface area contributed by atoms with Gasteiger partial charge in [-0.2, -0.15) is 0 Å². The van der Waals surface area contributed by atoms with Gasteiger partial charge in [0.25, 0.3) is 0 Å². The number of sulfonamides is 1. The molecule has 3 rings (SSSR count). The number of carbonyl (C=O) groups is 2. The molecule has 0 aromatic heterocycles. The van der Waals surface area contributed by atoms with Crippen molar-refractivity contribution in [2.45, 2.75) is 57.7 Å². The number of anilines is 1. The summed E-state index contributed by atoms with van der Waals surface area (Å²) in [6.07, 6.45) is 5.38. The second-order valence-corrected chi connectivity index (χ2v) is 11.5. The van der Waals surface area contributed by atoms with E-state index in [1.807, 2.05) is 37.3 Å². The maximum absolute atomic E-state index is 13.7. The summed E-state index contributed by atoms with van der Waals surface area (Å²) in [5.74, 6) is -0.724. The fraction of sp³-hybridized carbons (Fsp3) is 0.440. The van der Waals surface area contributed by atoms with Gasteiger partial charge in [-0.25, -0.2) is 8.42 Å². The Morgan fingerprint density at radius 1 is 1.09 bits per heavy atom. The number of rotatable bonds is 10. The smallest absolute Gasteiger partial charge is 0.244 e. The van der Waals surface area contributed by atoms with E-state index in [2.05, 4.69) is 5.32 Å². The standard InChI is InChI=1S/C25H31Cl2N3O4S/c1-3-22(25(32)28-20-11-7-8-12-20)29(16-18-9-5-4-6-10-18)24(31)17-30(35(2,33)34)23-14-13-19(26)15-21(23)27/h4-6,9-10,13-15,20,22H,3,7-8,11-12,16-17H2,1-2H3,(H,28,32)/t22-/m1/s1. The van der Waals surface area contributed by atoms with Gasteiger partial charge in [0.2, 0.25) is 21.8 Å². The molecule has 10 heteroatoms. The molecule has 2 aromatic carbocycles. The van der Waals surface area contributed by atoms with Crippen molar-refractivity contribution in [3.05, 3.63) is 64.1 Å². The first kappa shape index (κ1) is 27.3. The van der Waals surface area contributed by atoms with E-state index in [4.69, 9.17) is 23.2 Å². The summed E-state index contributed by atoms with van der Waals surface area (Å²) in [4.78, 5) is 28.4. The highest BCUT2D eigenvalue weighted by Crippen LogP contribution is 2.30. The minimum atomic E-state index is -3.87. The number of amides is 2. The van der Waals surface area contributed by atoms with Gasteiger partial charge in [0.1, 0.15) is 12.6 Å². The van der Waals surface area contributed by atoms with Crippen molar-refractivity contribution in [1.82, 2.24) is 10.2 Å². The first-order valence-corrected chi connectivity index (χ1v) is 14.3. The third kappa shape index (κ3) is 7.35. The van der Waals surface area contributed by atoms with Gasteiger partial charge in [0.05, 0.1) is 17.0 Å². The van der Waals surface area contributed by atoms with Crippen molar-refractivity contribution in [2.24, 2.45) is 0 Å². The van der Waals surface area contributed by atoms with Crippen LogP contribution in [0.3, 0.4) is 0 Å². The minimum absolute atomic E-state index is 0.102. The molecule has 35 heavy (non-hydrogen) atoms. The predicted octanol–water partition coefficient (Wildman–Crippen LogP) is 4.63. The Kier molecular flexibility index (Phi) is 9.44. The Morgan fingerprint density at radius 3 is 2.31 bits per heavy atom. The first-order valence-electron chi connectivity index (χ1n) is 11.7. The van der Waals surface area contributed by atoms with Crippen molar-refractivity contribution in [1.29, 1.82) is 0 Å². The van der Waals surface area contributed by atoms with E-state index in [9.17, 15) is 18.0 Å². The maximum atomic E-state index is 13.7. The average molecular weight is 541 g/mol. The molecule has 1 saturated carbocycles. The van der Waals surface area contributed by atoms with Gasteiger partial charge in [-0.1, -0.05) is 73.3 Å². The molecule has 1 N–H and O–H groups in total. The first-order chi connectivity index (χ1) is 16.6. The van der Waals surface area contributed by atoms with Gasteiger partial charge in [-0.05, 0) is 43.0 Å². The van der Waals surface area contributed by atoms with E-state index in [1.165, 1.54) is 23.1 Å². The van der Waals surface area contributed by atoms with Crippen LogP contribution in [0.15, 0.2) is 48.5 Å².